The van der Waals surface area contributed by atoms with Crippen molar-refractivity contribution in [2.75, 3.05) is 13.6 Å². The standard InChI is InChI=1S/C8H13NO/c1-3-4-7-5-6-9(2)8(7)10/h3-4,7H,5-6H2,1-2H3. The zero-order valence-corrected chi connectivity index (χ0v) is 6.50. The Morgan fingerprint density at radius 2 is 2.40 bits per heavy atom. The molecule has 1 rings (SSSR count). The van der Waals surface area contributed by atoms with Crippen LogP contribution in [-0.4, -0.2) is 24.4 Å². The highest BCUT2D eigenvalue weighted by Crippen LogP contribution is 2.16. The van der Waals surface area contributed by atoms with Gasteiger partial charge in [0, 0.05) is 13.6 Å². The molecule has 0 aromatic carbocycles. The Balaban J connectivity index is 2.57. The SMILES string of the molecule is CC=CC1CCN(C)C1=O. The third-order valence-corrected chi connectivity index (χ3v) is 1.89. The molecule has 56 valence electrons. The summed E-state index contributed by atoms with van der Waals surface area (Å²) in [5.41, 5.74) is 0. The normalized spacial score (nSPS) is 26.8. The second-order valence-electron chi connectivity index (χ2n) is 2.68. The van der Waals surface area contributed by atoms with Gasteiger partial charge in [-0.25, -0.2) is 0 Å². The molecular weight excluding hydrogens is 126 g/mol. The Bertz CT molecular complexity index is 163. The molecule has 0 aromatic heterocycles. The van der Waals surface area contributed by atoms with E-state index in [4.69, 9.17) is 0 Å². The molecule has 1 saturated heterocycles. The molecule has 0 aromatic rings. The van der Waals surface area contributed by atoms with E-state index >= 15 is 0 Å². The van der Waals surface area contributed by atoms with E-state index in [2.05, 4.69) is 0 Å². The summed E-state index contributed by atoms with van der Waals surface area (Å²) < 4.78 is 0. The third-order valence-electron chi connectivity index (χ3n) is 1.89. The van der Waals surface area contributed by atoms with E-state index in [1.807, 2.05) is 26.1 Å². The van der Waals surface area contributed by atoms with Crippen molar-refractivity contribution in [1.82, 2.24) is 4.90 Å². The van der Waals surface area contributed by atoms with E-state index in [1.54, 1.807) is 4.90 Å². The molecule has 0 saturated carbocycles. The van der Waals surface area contributed by atoms with Crippen molar-refractivity contribution in [3.05, 3.63) is 12.2 Å². The number of allylic oxidation sites excluding steroid dienone is 1. The number of hydrogen-bond acceptors (Lipinski definition) is 1. The minimum Gasteiger partial charge on any atom is -0.345 e. The van der Waals surface area contributed by atoms with Crippen molar-refractivity contribution in [3.8, 4) is 0 Å². The first-order valence-electron chi connectivity index (χ1n) is 3.63. The monoisotopic (exact) mass is 139 g/mol. The van der Waals surface area contributed by atoms with E-state index in [-0.39, 0.29) is 11.8 Å². The van der Waals surface area contributed by atoms with Gasteiger partial charge in [0.25, 0.3) is 0 Å². The van der Waals surface area contributed by atoms with Gasteiger partial charge in [-0.1, -0.05) is 12.2 Å². The fourth-order valence-electron chi connectivity index (χ4n) is 1.26. The van der Waals surface area contributed by atoms with Gasteiger partial charge in [0.05, 0.1) is 5.92 Å². The number of likely N-dealkylation sites (tertiary alicyclic amines) is 1. The highest BCUT2D eigenvalue weighted by molar-refractivity contribution is 5.82. The molecule has 1 aliphatic rings. The van der Waals surface area contributed by atoms with Crippen LogP contribution in [0, 0.1) is 5.92 Å². The molecule has 0 bridgehead atoms. The Hall–Kier alpha value is -0.790. The topological polar surface area (TPSA) is 20.3 Å². The summed E-state index contributed by atoms with van der Waals surface area (Å²) in [5, 5.41) is 0. The van der Waals surface area contributed by atoms with Crippen molar-refractivity contribution in [1.29, 1.82) is 0 Å². The quantitative estimate of drug-likeness (QED) is 0.497. The lowest BCUT2D eigenvalue weighted by Crippen LogP contribution is -2.21. The summed E-state index contributed by atoms with van der Waals surface area (Å²) in [6.45, 7) is 2.86. The summed E-state index contributed by atoms with van der Waals surface area (Å²) in [7, 11) is 1.85. The molecule has 2 heteroatoms. The lowest BCUT2D eigenvalue weighted by Gasteiger charge is -2.06. The molecule has 1 atom stereocenters. The Morgan fingerprint density at radius 3 is 2.80 bits per heavy atom. The van der Waals surface area contributed by atoms with Gasteiger partial charge < -0.3 is 4.90 Å². The molecule has 1 heterocycles. The summed E-state index contributed by atoms with van der Waals surface area (Å²) >= 11 is 0. The molecule has 0 spiro atoms. The van der Waals surface area contributed by atoms with E-state index in [0.717, 1.165) is 13.0 Å². The molecule has 1 amide bonds. The van der Waals surface area contributed by atoms with Crippen LogP contribution in [0.1, 0.15) is 13.3 Å². The number of amides is 1. The summed E-state index contributed by atoms with van der Waals surface area (Å²) in [6, 6.07) is 0. The van der Waals surface area contributed by atoms with Crippen LogP contribution >= 0.6 is 0 Å². The average Bonchev–Trinajstić information content (AvgIpc) is 2.20. The predicted octanol–water partition coefficient (Wildman–Crippen LogP) is 1.04. The van der Waals surface area contributed by atoms with Gasteiger partial charge in [-0.15, -0.1) is 0 Å². The molecule has 2 nitrogen and oxygen atoms in total. The lowest BCUT2D eigenvalue weighted by molar-refractivity contribution is -0.128. The van der Waals surface area contributed by atoms with Crippen LogP contribution in [0.5, 0.6) is 0 Å². The van der Waals surface area contributed by atoms with Gasteiger partial charge in [-0.3, -0.25) is 4.79 Å². The fraction of sp³-hybridized carbons (Fsp3) is 0.625. The number of carbonyl (C=O) groups is 1. The van der Waals surface area contributed by atoms with Crippen LogP contribution in [0.25, 0.3) is 0 Å². The maximum atomic E-state index is 11.2. The van der Waals surface area contributed by atoms with Crippen LogP contribution in [-0.2, 0) is 4.79 Å². The second kappa shape index (κ2) is 2.86. The largest absolute Gasteiger partial charge is 0.345 e. The fourth-order valence-corrected chi connectivity index (χ4v) is 1.26. The maximum Gasteiger partial charge on any atom is 0.229 e. The smallest absolute Gasteiger partial charge is 0.229 e. The second-order valence-corrected chi connectivity index (χ2v) is 2.68. The van der Waals surface area contributed by atoms with Crippen LogP contribution < -0.4 is 0 Å². The number of carbonyl (C=O) groups excluding carboxylic acids is 1. The van der Waals surface area contributed by atoms with Gasteiger partial charge in [0.15, 0.2) is 0 Å². The van der Waals surface area contributed by atoms with Gasteiger partial charge in [0.2, 0.25) is 5.91 Å². The zero-order chi connectivity index (χ0) is 7.56. The minimum atomic E-state index is 0.162. The van der Waals surface area contributed by atoms with E-state index < -0.39 is 0 Å². The van der Waals surface area contributed by atoms with Crippen molar-refractivity contribution in [2.45, 2.75) is 13.3 Å². The summed E-state index contributed by atoms with van der Waals surface area (Å²) in [6.07, 6.45) is 4.91. The molecule has 0 aliphatic carbocycles. The van der Waals surface area contributed by atoms with E-state index in [9.17, 15) is 4.79 Å². The van der Waals surface area contributed by atoms with Gasteiger partial charge in [0.1, 0.15) is 0 Å². The van der Waals surface area contributed by atoms with Gasteiger partial charge in [-0.05, 0) is 13.3 Å². The average molecular weight is 139 g/mol. The van der Waals surface area contributed by atoms with Gasteiger partial charge in [-0.2, -0.15) is 0 Å². The predicted molar refractivity (Wildman–Crippen MR) is 40.6 cm³/mol. The number of nitrogens with zero attached hydrogens (tertiary/aromatic N) is 1. The van der Waals surface area contributed by atoms with Crippen molar-refractivity contribution in [2.24, 2.45) is 5.92 Å². The molecule has 1 unspecified atom stereocenters. The summed E-state index contributed by atoms with van der Waals surface area (Å²) in [4.78, 5) is 13.0. The highest BCUT2D eigenvalue weighted by Gasteiger charge is 2.25. The Kier molecular flexibility index (Phi) is 2.10. The first kappa shape index (κ1) is 7.32. The summed E-state index contributed by atoms with van der Waals surface area (Å²) in [5.74, 6) is 0.424. The molecular formula is C8H13NO. The van der Waals surface area contributed by atoms with E-state index in [0.29, 0.717) is 0 Å². The van der Waals surface area contributed by atoms with Crippen molar-refractivity contribution in [3.63, 3.8) is 0 Å². The molecule has 0 N–H and O–H groups in total. The van der Waals surface area contributed by atoms with Crippen molar-refractivity contribution >= 4 is 5.91 Å². The molecule has 0 radical (unpaired) electrons. The molecule has 10 heavy (non-hydrogen) atoms. The maximum absolute atomic E-state index is 11.2. The lowest BCUT2D eigenvalue weighted by atomic mass is 10.1. The number of hydrogen-bond donors (Lipinski definition) is 0. The molecule has 1 aliphatic heterocycles. The van der Waals surface area contributed by atoms with Crippen molar-refractivity contribution < 1.29 is 4.79 Å². The minimum absolute atomic E-state index is 0.162. The first-order valence-corrected chi connectivity index (χ1v) is 3.63. The number of rotatable bonds is 1. The Labute approximate surface area is 61.5 Å². The van der Waals surface area contributed by atoms with E-state index in [1.165, 1.54) is 0 Å². The zero-order valence-electron chi connectivity index (χ0n) is 6.50. The highest BCUT2D eigenvalue weighted by atomic mass is 16.2. The van der Waals surface area contributed by atoms with Crippen LogP contribution in [0.3, 0.4) is 0 Å². The van der Waals surface area contributed by atoms with Crippen LogP contribution in [0.4, 0.5) is 0 Å². The van der Waals surface area contributed by atoms with Crippen LogP contribution in [0.15, 0.2) is 12.2 Å². The third kappa shape index (κ3) is 1.20. The van der Waals surface area contributed by atoms with Gasteiger partial charge >= 0.3 is 0 Å². The first-order chi connectivity index (χ1) is 4.75. The Morgan fingerprint density at radius 1 is 1.70 bits per heavy atom. The van der Waals surface area contributed by atoms with Crippen LogP contribution in [0.2, 0.25) is 0 Å². The molecule has 1 fully saturated rings.